The highest BCUT2D eigenvalue weighted by Gasteiger charge is 2.17. The van der Waals surface area contributed by atoms with Gasteiger partial charge in [0.2, 0.25) is 5.91 Å². The van der Waals surface area contributed by atoms with E-state index in [9.17, 15) is 4.79 Å². The summed E-state index contributed by atoms with van der Waals surface area (Å²) in [6, 6.07) is 5.73. The number of thioether (sulfide) groups is 1. The van der Waals surface area contributed by atoms with Crippen molar-refractivity contribution in [2.75, 3.05) is 5.73 Å². The van der Waals surface area contributed by atoms with Crippen molar-refractivity contribution in [2.24, 2.45) is 0 Å². The topological polar surface area (TPSA) is 83.8 Å². The minimum Gasteiger partial charge on any atom is -0.399 e. The molecule has 2 aromatic rings. The Morgan fingerprint density at radius 1 is 1.50 bits per heavy atom. The van der Waals surface area contributed by atoms with Crippen LogP contribution in [0.25, 0.3) is 11.0 Å². The van der Waals surface area contributed by atoms with Crippen LogP contribution in [0, 0.1) is 0 Å². The quantitative estimate of drug-likeness (QED) is 0.584. The van der Waals surface area contributed by atoms with Crippen LogP contribution in [0.2, 0.25) is 0 Å². The number of aromatic nitrogens is 2. The van der Waals surface area contributed by atoms with Crippen molar-refractivity contribution < 1.29 is 4.79 Å². The molecule has 2 atom stereocenters. The molecule has 0 spiro atoms. The van der Waals surface area contributed by atoms with Gasteiger partial charge in [0.1, 0.15) is 0 Å². The Labute approximate surface area is 122 Å². The fraction of sp³-hybridized carbons (Fsp3) is 0.429. The molecule has 0 bridgehead atoms. The first kappa shape index (κ1) is 14.7. The van der Waals surface area contributed by atoms with Crippen LogP contribution in [-0.2, 0) is 4.79 Å². The third kappa shape index (κ3) is 3.45. The Morgan fingerprint density at radius 2 is 2.25 bits per heavy atom. The zero-order valence-corrected chi connectivity index (χ0v) is 12.8. The molecular formula is C14H20N4OS. The number of nitrogens with two attached hydrogens (primary N) is 1. The number of aromatic amines is 1. The summed E-state index contributed by atoms with van der Waals surface area (Å²) in [6.45, 7) is 5.93. The maximum Gasteiger partial charge on any atom is 0.233 e. The first-order valence-electron chi connectivity index (χ1n) is 6.72. The van der Waals surface area contributed by atoms with E-state index in [1.165, 1.54) is 11.8 Å². The molecule has 1 amide bonds. The molecule has 6 heteroatoms. The van der Waals surface area contributed by atoms with Crippen LogP contribution in [0.4, 0.5) is 5.69 Å². The maximum atomic E-state index is 12.0. The van der Waals surface area contributed by atoms with Crippen molar-refractivity contribution in [3.8, 4) is 0 Å². The number of benzene rings is 1. The molecule has 0 saturated carbocycles. The lowest BCUT2D eigenvalue weighted by Crippen LogP contribution is -2.37. The molecular weight excluding hydrogens is 272 g/mol. The Hall–Kier alpha value is -1.69. The van der Waals surface area contributed by atoms with Gasteiger partial charge in [-0.05, 0) is 38.5 Å². The Bertz CT molecular complexity index is 610. The van der Waals surface area contributed by atoms with E-state index in [1.54, 1.807) is 0 Å². The highest BCUT2D eigenvalue weighted by molar-refractivity contribution is 8.00. The first-order chi connectivity index (χ1) is 9.49. The Kier molecular flexibility index (Phi) is 4.54. The molecule has 1 aromatic heterocycles. The van der Waals surface area contributed by atoms with Gasteiger partial charge in [-0.2, -0.15) is 0 Å². The number of fused-ring (bicyclic) bond motifs is 1. The average Bonchev–Trinajstić information content (AvgIpc) is 2.79. The van der Waals surface area contributed by atoms with Gasteiger partial charge in [-0.15, -0.1) is 0 Å². The van der Waals surface area contributed by atoms with Crippen LogP contribution in [0.1, 0.15) is 27.2 Å². The minimum absolute atomic E-state index is 0.0318. The summed E-state index contributed by atoms with van der Waals surface area (Å²) < 4.78 is 0. The smallest absolute Gasteiger partial charge is 0.233 e. The number of imidazole rings is 1. The second-order valence-corrected chi connectivity index (χ2v) is 6.23. The molecule has 5 nitrogen and oxygen atoms in total. The van der Waals surface area contributed by atoms with E-state index >= 15 is 0 Å². The molecule has 0 aliphatic carbocycles. The van der Waals surface area contributed by atoms with Gasteiger partial charge in [0.25, 0.3) is 0 Å². The van der Waals surface area contributed by atoms with E-state index in [1.807, 2.05) is 39.0 Å². The number of nitrogens with one attached hydrogen (secondary N) is 2. The van der Waals surface area contributed by atoms with Crippen molar-refractivity contribution in [1.82, 2.24) is 15.3 Å². The lowest BCUT2D eigenvalue weighted by Gasteiger charge is -2.14. The van der Waals surface area contributed by atoms with Crippen LogP contribution >= 0.6 is 11.8 Å². The van der Waals surface area contributed by atoms with Gasteiger partial charge in [0, 0.05) is 11.7 Å². The fourth-order valence-corrected chi connectivity index (χ4v) is 2.57. The molecule has 20 heavy (non-hydrogen) atoms. The zero-order valence-electron chi connectivity index (χ0n) is 11.9. The summed E-state index contributed by atoms with van der Waals surface area (Å²) in [7, 11) is 0. The van der Waals surface area contributed by atoms with Gasteiger partial charge < -0.3 is 16.0 Å². The van der Waals surface area contributed by atoms with Crippen LogP contribution in [0.3, 0.4) is 0 Å². The van der Waals surface area contributed by atoms with Gasteiger partial charge in [0.05, 0.1) is 16.3 Å². The van der Waals surface area contributed by atoms with Crippen LogP contribution < -0.4 is 11.1 Å². The van der Waals surface area contributed by atoms with E-state index in [2.05, 4.69) is 15.3 Å². The summed E-state index contributed by atoms with van der Waals surface area (Å²) in [5.74, 6) is 0.0318. The predicted molar refractivity (Wildman–Crippen MR) is 83.7 cm³/mol. The van der Waals surface area contributed by atoms with Gasteiger partial charge in [-0.25, -0.2) is 4.98 Å². The van der Waals surface area contributed by atoms with E-state index in [0.29, 0.717) is 5.69 Å². The summed E-state index contributed by atoms with van der Waals surface area (Å²) in [5.41, 5.74) is 8.18. The number of hydrogen-bond acceptors (Lipinski definition) is 4. The molecule has 0 radical (unpaired) electrons. The molecule has 0 saturated heterocycles. The second-order valence-electron chi connectivity index (χ2n) is 4.90. The van der Waals surface area contributed by atoms with Gasteiger partial charge in [-0.1, -0.05) is 18.7 Å². The maximum absolute atomic E-state index is 12.0. The van der Waals surface area contributed by atoms with E-state index in [-0.39, 0.29) is 17.2 Å². The monoisotopic (exact) mass is 292 g/mol. The van der Waals surface area contributed by atoms with E-state index < -0.39 is 0 Å². The van der Waals surface area contributed by atoms with Crippen molar-refractivity contribution >= 4 is 34.4 Å². The summed E-state index contributed by atoms with van der Waals surface area (Å²) in [6.07, 6.45) is 0.924. The minimum atomic E-state index is -0.193. The molecule has 2 rings (SSSR count). The lowest BCUT2D eigenvalue weighted by atomic mass is 10.2. The Morgan fingerprint density at radius 3 is 2.95 bits per heavy atom. The highest BCUT2D eigenvalue weighted by Crippen LogP contribution is 2.24. The van der Waals surface area contributed by atoms with Crippen LogP contribution in [0.5, 0.6) is 0 Å². The van der Waals surface area contributed by atoms with Crippen LogP contribution in [0.15, 0.2) is 23.4 Å². The standard InChI is InChI=1S/C14H20N4OS/c1-4-8(2)16-13(19)9(3)20-14-17-11-6-5-10(15)7-12(11)18-14/h5-9H,4,15H2,1-3H3,(H,16,19)(H,17,18). The SMILES string of the molecule is CCC(C)NC(=O)C(C)Sc1nc2ccc(N)cc2[nH]1. The van der Waals surface area contributed by atoms with E-state index in [4.69, 9.17) is 5.73 Å². The second kappa shape index (κ2) is 6.17. The molecule has 4 N–H and O–H groups in total. The van der Waals surface area contributed by atoms with E-state index in [0.717, 1.165) is 22.6 Å². The number of carbonyl (C=O) groups excluding carboxylic acids is 1. The molecule has 0 fully saturated rings. The lowest BCUT2D eigenvalue weighted by molar-refractivity contribution is -0.120. The first-order valence-corrected chi connectivity index (χ1v) is 7.59. The molecule has 0 aliphatic heterocycles. The van der Waals surface area contributed by atoms with Gasteiger partial charge in [-0.3, -0.25) is 4.79 Å². The number of carbonyl (C=O) groups is 1. The number of nitrogen functional groups attached to an aromatic ring is 1. The molecule has 108 valence electrons. The highest BCUT2D eigenvalue weighted by atomic mass is 32.2. The fourth-order valence-electron chi connectivity index (χ4n) is 1.74. The molecule has 2 unspecified atom stereocenters. The molecule has 1 aromatic carbocycles. The summed E-state index contributed by atoms with van der Waals surface area (Å²) in [5, 5.41) is 3.51. The molecule has 0 aliphatic rings. The zero-order chi connectivity index (χ0) is 14.7. The largest absolute Gasteiger partial charge is 0.399 e. The number of amides is 1. The van der Waals surface area contributed by atoms with Gasteiger partial charge in [0.15, 0.2) is 5.16 Å². The van der Waals surface area contributed by atoms with Gasteiger partial charge >= 0.3 is 0 Å². The molecule has 1 heterocycles. The van der Waals surface area contributed by atoms with Crippen molar-refractivity contribution in [3.63, 3.8) is 0 Å². The normalized spacial score (nSPS) is 14.2. The van der Waals surface area contributed by atoms with Crippen molar-refractivity contribution in [3.05, 3.63) is 18.2 Å². The number of nitrogens with zero attached hydrogens (tertiary/aromatic N) is 1. The average molecular weight is 292 g/mol. The Balaban J connectivity index is 2.05. The van der Waals surface area contributed by atoms with Crippen molar-refractivity contribution in [1.29, 1.82) is 0 Å². The van der Waals surface area contributed by atoms with Crippen LogP contribution in [-0.4, -0.2) is 27.2 Å². The number of rotatable bonds is 5. The number of H-pyrrole nitrogens is 1. The van der Waals surface area contributed by atoms with Crippen molar-refractivity contribution in [2.45, 2.75) is 43.6 Å². The number of anilines is 1. The summed E-state index contributed by atoms with van der Waals surface area (Å²) in [4.78, 5) is 19.6. The predicted octanol–water partition coefficient (Wildman–Crippen LogP) is 2.54. The third-order valence-corrected chi connectivity index (χ3v) is 4.13. The summed E-state index contributed by atoms with van der Waals surface area (Å²) >= 11 is 1.42. The third-order valence-electron chi connectivity index (χ3n) is 3.14. The number of hydrogen-bond donors (Lipinski definition) is 3.